The molecular formula is C18H19FN2O4. The van der Waals surface area contributed by atoms with Gasteiger partial charge in [-0.1, -0.05) is 30.3 Å². The Morgan fingerprint density at radius 2 is 1.92 bits per heavy atom. The Morgan fingerprint density at radius 1 is 1.20 bits per heavy atom. The van der Waals surface area contributed by atoms with E-state index in [1.165, 1.54) is 25.3 Å². The summed E-state index contributed by atoms with van der Waals surface area (Å²) < 4.78 is 23.7. The summed E-state index contributed by atoms with van der Waals surface area (Å²) in [5.41, 5.74) is 6.35. The molecule has 0 spiro atoms. The zero-order chi connectivity index (χ0) is 18.2. The van der Waals surface area contributed by atoms with Crippen molar-refractivity contribution in [1.29, 1.82) is 0 Å². The lowest BCUT2D eigenvalue weighted by Gasteiger charge is -2.17. The van der Waals surface area contributed by atoms with Gasteiger partial charge in [0, 0.05) is 12.0 Å². The molecule has 0 saturated carbocycles. The molecule has 2 amide bonds. The van der Waals surface area contributed by atoms with E-state index in [9.17, 15) is 14.0 Å². The summed E-state index contributed by atoms with van der Waals surface area (Å²) in [4.78, 5) is 23.5. The number of hydrogen-bond donors (Lipinski definition) is 2. The highest BCUT2D eigenvalue weighted by atomic mass is 19.1. The number of primary amides is 1. The fourth-order valence-electron chi connectivity index (χ4n) is 2.32. The Morgan fingerprint density at radius 3 is 2.56 bits per heavy atom. The Kier molecular flexibility index (Phi) is 6.33. The number of methoxy groups -OCH3 is 1. The standard InChI is InChI=1S/C18H19FN2O4/c1-24-16-8-7-14(19)10-13(16)11-25-17(22)15(21-18(20)23)9-12-5-3-2-4-6-12/h2-8,10,15H,9,11H2,1H3,(H3,20,21,23)/t15-/m0/s1. The van der Waals surface area contributed by atoms with Crippen LogP contribution in [-0.2, 0) is 22.6 Å². The minimum absolute atomic E-state index is 0.189. The minimum atomic E-state index is -0.945. The highest BCUT2D eigenvalue weighted by molar-refractivity contribution is 5.83. The number of nitrogens with two attached hydrogens (primary N) is 1. The van der Waals surface area contributed by atoms with Crippen LogP contribution in [0.2, 0.25) is 0 Å². The fourth-order valence-corrected chi connectivity index (χ4v) is 2.32. The van der Waals surface area contributed by atoms with Gasteiger partial charge in [0.25, 0.3) is 0 Å². The van der Waals surface area contributed by atoms with E-state index < -0.39 is 23.9 Å². The molecule has 0 saturated heterocycles. The van der Waals surface area contributed by atoms with Gasteiger partial charge in [0.2, 0.25) is 0 Å². The number of carbonyl (C=O) groups is 2. The van der Waals surface area contributed by atoms with Gasteiger partial charge in [0.1, 0.15) is 24.2 Å². The second kappa shape index (κ2) is 8.68. The monoisotopic (exact) mass is 346 g/mol. The quantitative estimate of drug-likeness (QED) is 0.752. The zero-order valence-corrected chi connectivity index (χ0v) is 13.7. The molecule has 0 aromatic heterocycles. The van der Waals surface area contributed by atoms with E-state index in [2.05, 4.69) is 5.32 Å². The molecule has 3 N–H and O–H groups in total. The summed E-state index contributed by atoms with van der Waals surface area (Å²) in [5, 5.41) is 2.36. The van der Waals surface area contributed by atoms with Crippen LogP contribution in [0.5, 0.6) is 5.75 Å². The second-order valence-electron chi connectivity index (χ2n) is 5.31. The van der Waals surface area contributed by atoms with E-state index >= 15 is 0 Å². The molecule has 0 unspecified atom stereocenters. The van der Waals surface area contributed by atoms with Gasteiger partial charge in [-0.05, 0) is 23.8 Å². The summed E-state index contributed by atoms with van der Waals surface area (Å²) in [5.74, 6) is -0.742. The molecule has 0 bridgehead atoms. The number of ether oxygens (including phenoxy) is 2. The molecule has 0 heterocycles. The van der Waals surface area contributed by atoms with Gasteiger partial charge in [0.05, 0.1) is 7.11 Å². The molecular weight excluding hydrogens is 327 g/mol. The first-order valence-corrected chi connectivity index (χ1v) is 7.58. The van der Waals surface area contributed by atoms with Gasteiger partial charge in [-0.2, -0.15) is 0 Å². The van der Waals surface area contributed by atoms with E-state index in [0.717, 1.165) is 5.56 Å². The van der Waals surface area contributed by atoms with Crippen molar-refractivity contribution < 1.29 is 23.5 Å². The van der Waals surface area contributed by atoms with E-state index in [1.54, 1.807) is 0 Å². The average molecular weight is 346 g/mol. The van der Waals surface area contributed by atoms with Crippen LogP contribution in [0.4, 0.5) is 9.18 Å². The maximum Gasteiger partial charge on any atom is 0.329 e. The van der Waals surface area contributed by atoms with Crippen molar-refractivity contribution in [3.63, 3.8) is 0 Å². The van der Waals surface area contributed by atoms with Crippen molar-refractivity contribution in [2.75, 3.05) is 7.11 Å². The van der Waals surface area contributed by atoms with Gasteiger partial charge in [-0.25, -0.2) is 14.0 Å². The number of benzene rings is 2. The smallest absolute Gasteiger partial charge is 0.329 e. The Balaban J connectivity index is 2.06. The molecule has 0 aliphatic heterocycles. The zero-order valence-electron chi connectivity index (χ0n) is 13.7. The van der Waals surface area contributed by atoms with Gasteiger partial charge in [-0.15, -0.1) is 0 Å². The minimum Gasteiger partial charge on any atom is -0.496 e. The van der Waals surface area contributed by atoms with Crippen LogP contribution in [0.15, 0.2) is 48.5 Å². The van der Waals surface area contributed by atoms with Gasteiger partial charge in [0.15, 0.2) is 0 Å². The Hall–Kier alpha value is -3.09. The number of carbonyl (C=O) groups excluding carboxylic acids is 2. The van der Waals surface area contributed by atoms with E-state index in [4.69, 9.17) is 15.2 Å². The molecule has 132 valence electrons. The molecule has 7 heteroatoms. The molecule has 0 fully saturated rings. The van der Waals surface area contributed by atoms with Gasteiger partial charge < -0.3 is 20.5 Å². The number of esters is 1. The number of nitrogens with one attached hydrogen (secondary N) is 1. The lowest BCUT2D eigenvalue weighted by molar-refractivity contribution is -0.147. The Labute approximate surface area is 144 Å². The van der Waals surface area contributed by atoms with Crippen LogP contribution >= 0.6 is 0 Å². The molecule has 0 aliphatic carbocycles. The SMILES string of the molecule is COc1ccc(F)cc1COC(=O)[C@H](Cc1ccccc1)NC(N)=O. The van der Waals surface area contributed by atoms with Crippen molar-refractivity contribution in [1.82, 2.24) is 5.32 Å². The lowest BCUT2D eigenvalue weighted by atomic mass is 10.1. The predicted molar refractivity (Wildman–Crippen MR) is 89.4 cm³/mol. The van der Waals surface area contributed by atoms with E-state index in [1.807, 2.05) is 30.3 Å². The third-order valence-corrected chi connectivity index (χ3v) is 3.50. The van der Waals surface area contributed by atoms with Crippen LogP contribution in [0.1, 0.15) is 11.1 Å². The third kappa shape index (κ3) is 5.49. The van der Waals surface area contributed by atoms with Crippen molar-refractivity contribution in [2.24, 2.45) is 5.73 Å². The number of urea groups is 1. The molecule has 0 radical (unpaired) electrons. The maximum absolute atomic E-state index is 13.4. The summed E-state index contributed by atoms with van der Waals surface area (Å²) in [6, 6.07) is 11.3. The second-order valence-corrected chi connectivity index (χ2v) is 5.31. The predicted octanol–water partition coefficient (Wildman–Crippen LogP) is 2.16. The molecule has 6 nitrogen and oxygen atoms in total. The topological polar surface area (TPSA) is 90.7 Å². The van der Waals surface area contributed by atoms with Crippen molar-refractivity contribution in [3.05, 3.63) is 65.5 Å². The highest BCUT2D eigenvalue weighted by Crippen LogP contribution is 2.20. The largest absolute Gasteiger partial charge is 0.496 e. The van der Waals surface area contributed by atoms with Crippen LogP contribution in [0.3, 0.4) is 0 Å². The summed E-state index contributed by atoms with van der Waals surface area (Å²) in [6.45, 7) is -0.189. The lowest BCUT2D eigenvalue weighted by Crippen LogP contribution is -2.45. The first kappa shape index (κ1) is 18.3. The van der Waals surface area contributed by atoms with Crippen LogP contribution in [0.25, 0.3) is 0 Å². The van der Waals surface area contributed by atoms with Crippen LogP contribution in [0, 0.1) is 5.82 Å². The van der Waals surface area contributed by atoms with Crippen molar-refractivity contribution >= 4 is 12.0 Å². The fraction of sp³-hybridized carbons (Fsp3) is 0.222. The van der Waals surface area contributed by atoms with Crippen LogP contribution < -0.4 is 15.8 Å². The third-order valence-electron chi connectivity index (χ3n) is 3.50. The molecule has 0 aliphatic rings. The molecule has 2 aromatic rings. The summed E-state index contributed by atoms with van der Waals surface area (Å²) in [7, 11) is 1.44. The first-order valence-electron chi connectivity index (χ1n) is 7.58. The molecule has 25 heavy (non-hydrogen) atoms. The number of hydrogen-bond acceptors (Lipinski definition) is 4. The van der Waals surface area contributed by atoms with Crippen LogP contribution in [-0.4, -0.2) is 25.2 Å². The molecule has 2 rings (SSSR count). The van der Waals surface area contributed by atoms with Crippen molar-refractivity contribution in [2.45, 2.75) is 19.1 Å². The average Bonchev–Trinajstić information content (AvgIpc) is 2.59. The molecule has 2 aromatic carbocycles. The van der Waals surface area contributed by atoms with E-state index in [0.29, 0.717) is 11.3 Å². The number of amides is 2. The Bertz CT molecular complexity index is 737. The highest BCUT2D eigenvalue weighted by Gasteiger charge is 2.22. The summed E-state index contributed by atoms with van der Waals surface area (Å²) in [6.07, 6.45) is 0.225. The van der Waals surface area contributed by atoms with Gasteiger partial charge in [-0.3, -0.25) is 0 Å². The summed E-state index contributed by atoms with van der Waals surface area (Å²) >= 11 is 0. The first-order chi connectivity index (χ1) is 12.0. The van der Waals surface area contributed by atoms with Gasteiger partial charge >= 0.3 is 12.0 Å². The molecule has 1 atom stereocenters. The number of halogens is 1. The normalized spacial score (nSPS) is 11.4. The van der Waals surface area contributed by atoms with Crippen molar-refractivity contribution in [3.8, 4) is 5.75 Å². The van der Waals surface area contributed by atoms with E-state index in [-0.39, 0.29) is 13.0 Å². The maximum atomic E-state index is 13.4. The number of rotatable bonds is 7.